The zero-order chi connectivity index (χ0) is 10.7. The smallest absolute Gasteiger partial charge is 0.265 e. The van der Waals surface area contributed by atoms with E-state index in [9.17, 15) is 8.78 Å². The molecule has 0 amide bonds. The van der Waals surface area contributed by atoms with E-state index in [0.29, 0.717) is 9.26 Å². The van der Waals surface area contributed by atoms with Crippen LogP contribution in [-0.4, -0.2) is 10.1 Å². The molecule has 0 unspecified atom stereocenters. The van der Waals surface area contributed by atoms with E-state index in [0.717, 1.165) is 6.20 Å². The van der Waals surface area contributed by atoms with Gasteiger partial charge in [0.05, 0.1) is 6.61 Å². The van der Waals surface area contributed by atoms with E-state index in [1.54, 1.807) is 0 Å². The lowest BCUT2D eigenvalue weighted by Gasteiger charge is -2.11. The topological polar surface area (TPSA) is 59.1 Å². The number of aliphatic hydroxyl groups is 1. The fourth-order valence-electron chi connectivity index (χ4n) is 1.16. The summed E-state index contributed by atoms with van der Waals surface area (Å²) >= 11 is 1.90. The van der Waals surface area contributed by atoms with Gasteiger partial charge in [0.1, 0.15) is 3.70 Å². The molecule has 1 aromatic heterocycles. The molecule has 1 heterocycles. The molecular formula is C8H9F2IN2O. The number of rotatable bonds is 3. The molecule has 0 fully saturated rings. The van der Waals surface area contributed by atoms with Crippen LogP contribution >= 0.6 is 22.6 Å². The summed E-state index contributed by atoms with van der Waals surface area (Å²) in [7, 11) is 0. The highest BCUT2D eigenvalue weighted by molar-refractivity contribution is 14.1. The Morgan fingerprint density at radius 1 is 1.50 bits per heavy atom. The van der Waals surface area contributed by atoms with E-state index in [-0.39, 0.29) is 17.7 Å². The molecule has 6 heteroatoms. The number of nitrogens with two attached hydrogens (primary N) is 1. The van der Waals surface area contributed by atoms with Gasteiger partial charge < -0.3 is 10.8 Å². The Hall–Kier alpha value is -0.340. The number of pyridine rings is 1. The molecule has 3 N–H and O–H groups in total. The molecule has 0 aromatic carbocycles. The summed E-state index contributed by atoms with van der Waals surface area (Å²) in [6.45, 7) is -0.341. The first-order valence-corrected chi connectivity index (χ1v) is 4.94. The summed E-state index contributed by atoms with van der Waals surface area (Å²) in [4.78, 5) is 3.80. The highest BCUT2D eigenvalue weighted by Gasteiger charge is 2.17. The van der Waals surface area contributed by atoms with Crippen LogP contribution in [0.25, 0.3) is 0 Å². The number of alkyl halides is 2. The summed E-state index contributed by atoms with van der Waals surface area (Å²) < 4.78 is 25.5. The minimum atomic E-state index is -2.63. The SMILES string of the molecule is NCc1c(I)ncc(C(F)F)c1CO. The van der Waals surface area contributed by atoms with E-state index in [1.165, 1.54) is 0 Å². The maximum atomic E-state index is 12.5. The molecule has 0 spiro atoms. The Morgan fingerprint density at radius 2 is 2.14 bits per heavy atom. The Balaban J connectivity index is 3.33. The number of nitrogens with zero attached hydrogens (tertiary/aromatic N) is 1. The second-order valence-corrected chi connectivity index (χ2v) is 3.65. The highest BCUT2D eigenvalue weighted by Crippen LogP contribution is 2.26. The van der Waals surface area contributed by atoms with Gasteiger partial charge in [-0.2, -0.15) is 0 Å². The van der Waals surface area contributed by atoms with Gasteiger partial charge in [0.2, 0.25) is 0 Å². The van der Waals surface area contributed by atoms with Gasteiger partial charge in [-0.25, -0.2) is 13.8 Å². The van der Waals surface area contributed by atoms with Crippen LogP contribution < -0.4 is 5.73 Å². The average Bonchev–Trinajstić information content (AvgIpc) is 2.16. The van der Waals surface area contributed by atoms with Crippen LogP contribution in [0.1, 0.15) is 23.1 Å². The minimum absolute atomic E-state index is 0.0989. The zero-order valence-electron chi connectivity index (χ0n) is 7.17. The molecule has 0 bridgehead atoms. The van der Waals surface area contributed by atoms with Crippen LogP contribution in [0.2, 0.25) is 0 Å². The van der Waals surface area contributed by atoms with Crippen LogP contribution in [0, 0.1) is 3.70 Å². The number of hydrogen-bond acceptors (Lipinski definition) is 3. The van der Waals surface area contributed by atoms with Gasteiger partial charge in [-0.05, 0) is 28.2 Å². The molecule has 0 aliphatic carbocycles. The lowest BCUT2D eigenvalue weighted by molar-refractivity contribution is 0.146. The molecule has 78 valence electrons. The average molecular weight is 314 g/mol. The zero-order valence-corrected chi connectivity index (χ0v) is 9.33. The lowest BCUT2D eigenvalue weighted by Crippen LogP contribution is -2.09. The number of aromatic nitrogens is 1. The minimum Gasteiger partial charge on any atom is -0.392 e. The molecular weight excluding hydrogens is 305 g/mol. The first kappa shape index (κ1) is 11.7. The van der Waals surface area contributed by atoms with E-state index >= 15 is 0 Å². The lowest BCUT2D eigenvalue weighted by atomic mass is 10.1. The van der Waals surface area contributed by atoms with Crippen LogP contribution in [0.5, 0.6) is 0 Å². The second-order valence-electron chi connectivity index (χ2n) is 2.62. The normalized spacial score (nSPS) is 11.0. The van der Waals surface area contributed by atoms with Crippen molar-refractivity contribution >= 4 is 22.6 Å². The van der Waals surface area contributed by atoms with Crippen molar-refractivity contribution in [2.75, 3.05) is 0 Å². The fourth-order valence-corrected chi connectivity index (χ4v) is 1.85. The quantitative estimate of drug-likeness (QED) is 0.658. The van der Waals surface area contributed by atoms with E-state index in [4.69, 9.17) is 10.8 Å². The molecule has 1 aromatic rings. The van der Waals surface area contributed by atoms with Gasteiger partial charge in [0.15, 0.2) is 0 Å². The molecule has 0 aliphatic rings. The second kappa shape index (κ2) is 4.94. The standard InChI is InChI=1S/C8H9F2IN2O/c9-7(10)5-2-13-8(11)4(1-12)6(5)3-14/h2,7,14H,1,3,12H2. The van der Waals surface area contributed by atoms with Crippen LogP contribution in [-0.2, 0) is 13.2 Å². The maximum Gasteiger partial charge on any atom is 0.265 e. The van der Waals surface area contributed by atoms with E-state index in [1.807, 2.05) is 22.6 Å². The Labute approximate surface area is 93.5 Å². The van der Waals surface area contributed by atoms with Gasteiger partial charge in [-0.3, -0.25) is 0 Å². The molecule has 3 nitrogen and oxygen atoms in total. The van der Waals surface area contributed by atoms with Crippen molar-refractivity contribution in [1.82, 2.24) is 4.98 Å². The van der Waals surface area contributed by atoms with Crippen LogP contribution in [0.3, 0.4) is 0 Å². The molecule has 0 aliphatic heterocycles. The monoisotopic (exact) mass is 314 g/mol. The summed E-state index contributed by atoms with van der Waals surface area (Å²) in [5, 5.41) is 8.98. The van der Waals surface area contributed by atoms with Crippen LogP contribution in [0.4, 0.5) is 8.78 Å². The number of halogens is 3. The van der Waals surface area contributed by atoms with E-state index in [2.05, 4.69) is 4.98 Å². The molecule has 0 saturated heterocycles. The fraction of sp³-hybridized carbons (Fsp3) is 0.375. The molecule has 1 rings (SSSR count). The third-order valence-electron chi connectivity index (χ3n) is 1.88. The van der Waals surface area contributed by atoms with Crippen molar-refractivity contribution in [2.24, 2.45) is 5.73 Å². The summed E-state index contributed by atoms with van der Waals surface area (Å²) in [6, 6.07) is 0. The molecule has 0 radical (unpaired) electrons. The van der Waals surface area contributed by atoms with Gasteiger partial charge in [0, 0.05) is 23.9 Å². The molecule has 0 saturated carbocycles. The predicted octanol–water partition coefficient (Wildman–Crippen LogP) is 1.57. The first-order valence-electron chi connectivity index (χ1n) is 3.87. The van der Waals surface area contributed by atoms with Crippen molar-refractivity contribution in [3.63, 3.8) is 0 Å². The van der Waals surface area contributed by atoms with Gasteiger partial charge in [-0.15, -0.1) is 0 Å². The van der Waals surface area contributed by atoms with Crippen molar-refractivity contribution in [1.29, 1.82) is 0 Å². The van der Waals surface area contributed by atoms with Crippen molar-refractivity contribution in [3.05, 3.63) is 26.6 Å². The summed E-state index contributed by atoms with van der Waals surface area (Å²) in [5.41, 5.74) is 5.84. The summed E-state index contributed by atoms with van der Waals surface area (Å²) in [5.74, 6) is 0. The van der Waals surface area contributed by atoms with Crippen molar-refractivity contribution in [3.8, 4) is 0 Å². The maximum absolute atomic E-state index is 12.5. The van der Waals surface area contributed by atoms with Gasteiger partial charge in [-0.1, -0.05) is 0 Å². The molecule has 0 atom stereocenters. The Bertz CT molecular complexity index is 333. The van der Waals surface area contributed by atoms with Crippen molar-refractivity contribution in [2.45, 2.75) is 19.6 Å². The molecule has 14 heavy (non-hydrogen) atoms. The van der Waals surface area contributed by atoms with E-state index < -0.39 is 13.0 Å². The van der Waals surface area contributed by atoms with Gasteiger partial charge >= 0.3 is 0 Å². The first-order chi connectivity index (χ1) is 6.61. The predicted molar refractivity (Wildman–Crippen MR) is 55.7 cm³/mol. The highest BCUT2D eigenvalue weighted by atomic mass is 127. The summed E-state index contributed by atoms with van der Waals surface area (Å²) in [6.07, 6.45) is -1.55. The third-order valence-corrected chi connectivity index (χ3v) is 2.81. The number of hydrogen-bond donors (Lipinski definition) is 2. The van der Waals surface area contributed by atoms with Crippen molar-refractivity contribution < 1.29 is 13.9 Å². The third kappa shape index (κ3) is 2.18. The van der Waals surface area contributed by atoms with Gasteiger partial charge in [0.25, 0.3) is 6.43 Å². The Kier molecular flexibility index (Phi) is 4.14. The number of aliphatic hydroxyl groups excluding tert-OH is 1. The largest absolute Gasteiger partial charge is 0.392 e. The Morgan fingerprint density at radius 3 is 2.57 bits per heavy atom. The van der Waals surface area contributed by atoms with Crippen LogP contribution in [0.15, 0.2) is 6.20 Å².